The number of rotatable bonds is 3. The summed E-state index contributed by atoms with van der Waals surface area (Å²) in [5, 5.41) is 0. The zero-order valence-corrected chi connectivity index (χ0v) is 11.8. The number of primary amides is 1. The van der Waals surface area contributed by atoms with Gasteiger partial charge in [-0.3, -0.25) is 4.79 Å². The van der Waals surface area contributed by atoms with Crippen LogP contribution in [-0.4, -0.2) is 28.5 Å². The third-order valence-electron chi connectivity index (χ3n) is 3.75. The monoisotopic (exact) mass is 262 g/mol. The molecule has 0 spiro atoms. The van der Waals surface area contributed by atoms with Gasteiger partial charge in [0.15, 0.2) is 0 Å². The number of nitrogens with zero attached hydrogens (tertiary/aromatic N) is 3. The van der Waals surface area contributed by atoms with Crippen LogP contribution < -0.4 is 10.6 Å². The van der Waals surface area contributed by atoms with Crippen LogP contribution in [0.1, 0.15) is 45.4 Å². The van der Waals surface area contributed by atoms with E-state index in [0.29, 0.717) is 18.5 Å². The molecule has 0 aromatic carbocycles. The van der Waals surface area contributed by atoms with Gasteiger partial charge in [-0.2, -0.15) is 0 Å². The Morgan fingerprint density at radius 2 is 2.21 bits per heavy atom. The van der Waals surface area contributed by atoms with Gasteiger partial charge in [0.1, 0.15) is 11.6 Å². The normalized spacial score (nSPS) is 23.7. The summed E-state index contributed by atoms with van der Waals surface area (Å²) in [5.41, 5.74) is 5.43. The molecule has 1 aliphatic heterocycles. The quantitative estimate of drug-likeness (QED) is 0.899. The van der Waals surface area contributed by atoms with Crippen molar-refractivity contribution in [3.8, 4) is 0 Å². The zero-order valence-electron chi connectivity index (χ0n) is 11.8. The van der Waals surface area contributed by atoms with Gasteiger partial charge in [-0.1, -0.05) is 13.8 Å². The van der Waals surface area contributed by atoms with Crippen molar-refractivity contribution in [1.82, 2.24) is 9.97 Å². The van der Waals surface area contributed by atoms with Gasteiger partial charge in [0.05, 0.1) is 5.92 Å². The van der Waals surface area contributed by atoms with Crippen LogP contribution in [0.2, 0.25) is 0 Å². The molecule has 2 rings (SSSR count). The molecule has 5 heteroatoms. The lowest BCUT2D eigenvalue weighted by Gasteiger charge is -2.37. The Balaban J connectivity index is 2.23. The van der Waals surface area contributed by atoms with Crippen LogP contribution in [0, 0.1) is 5.92 Å². The van der Waals surface area contributed by atoms with Crippen molar-refractivity contribution in [3.63, 3.8) is 0 Å². The van der Waals surface area contributed by atoms with E-state index in [4.69, 9.17) is 5.73 Å². The second kappa shape index (κ2) is 5.55. The van der Waals surface area contributed by atoms with E-state index in [-0.39, 0.29) is 11.8 Å². The highest BCUT2D eigenvalue weighted by atomic mass is 16.1. The van der Waals surface area contributed by atoms with Crippen molar-refractivity contribution in [3.05, 3.63) is 18.1 Å². The summed E-state index contributed by atoms with van der Waals surface area (Å²) in [7, 11) is 0. The summed E-state index contributed by atoms with van der Waals surface area (Å²) in [6.07, 6.45) is 3.63. The number of nitrogens with two attached hydrogens (primary N) is 1. The lowest BCUT2D eigenvalue weighted by Crippen LogP contribution is -2.46. The van der Waals surface area contributed by atoms with Crippen molar-refractivity contribution in [2.24, 2.45) is 11.7 Å². The van der Waals surface area contributed by atoms with Crippen molar-refractivity contribution < 1.29 is 4.79 Å². The Morgan fingerprint density at radius 1 is 1.47 bits per heavy atom. The number of amides is 1. The third kappa shape index (κ3) is 3.03. The fraction of sp³-hybridized carbons (Fsp3) is 0.643. The van der Waals surface area contributed by atoms with Crippen molar-refractivity contribution >= 4 is 11.7 Å². The highest BCUT2D eigenvalue weighted by Gasteiger charge is 2.29. The first-order chi connectivity index (χ1) is 8.99. The number of hydrogen-bond donors (Lipinski definition) is 1. The molecule has 2 unspecified atom stereocenters. The minimum Gasteiger partial charge on any atom is -0.369 e. The van der Waals surface area contributed by atoms with Gasteiger partial charge < -0.3 is 10.6 Å². The maximum Gasteiger partial charge on any atom is 0.222 e. The zero-order chi connectivity index (χ0) is 14.0. The fourth-order valence-electron chi connectivity index (χ4n) is 2.46. The van der Waals surface area contributed by atoms with E-state index in [9.17, 15) is 4.79 Å². The largest absolute Gasteiger partial charge is 0.369 e. The number of hydrogen-bond acceptors (Lipinski definition) is 4. The molecule has 5 nitrogen and oxygen atoms in total. The molecule has 0 bridgehead atoms. The second-order valence-corrected chi connectivity index (χ2v) is 5.61. The summed E-state index contributed by atoms with van der Waals surface area (Å²) in [4.78, 5) is 22.4. The molecule has 1 aliphatic rings. The Kier molecular flexibility index (Phi) is 4.02. The molecule has 2 N–H and O–H groups in total. The average Bonchev–Trinajstić information content (AvgIpc) is 2.39. The van der Waals surface area contributed by atoms with Gasteiger partial charge in [-0.15, -0.1) is 0 Å². The van der Waals surface area contributed by atoms with Gasteiger partial charge in [0.25, 0.3) is 0 Å². The molecule has 0 radical (unpaired) electrons. The third-order valence-corrected chi connectivity index (χ3v) is 3.75. The summed E-state index contributed by atoms with van der Waals surface area (Å²) in [6, 6.07) is 2.29. The first-order valence-electron chi connectivity index (χ1n) is 6.88. The lowest BCUT2D eigenvalue weighted by molar-refractivity contribution is -0.122. The van der Waals surface area contributed by atoms with Crippen LogP contribution in [0.4, 0.5) is 5.82 Å². The Hall–Kier alpha value is -1.65. The van der Waals surface area contributed by atoms with Crippen LogP contribution >= 0.6 is 0 Å². The second-order valence-electron chi connectivity index (χ2n) is 5.61. The highest BCUT2D eigenvalue weighted by molar-refractivity contribution is 5.77. The molecule has 2 atom stereocenters. The summed E-state index contributed by atoms with van der Waals surface area (Å²) in [6.45, 7) is 6.97. The number of carbonyl (C=O) groups is 1. The number of aromatic nitrogens is 2. The molecule has 0 aliphatic carbocycles. The molecule has 19 heavy (non-hydrogen) atoms. The van der Waals surface area contributed by atoms with Crippen LogP contribution in [0.5, 0.6) is 0 Å². The SMILES string of the molecule is CC(C)c1nccc(N2CC(C(N)=O)CCC2C)n1. The van der Waals surface area contributed by atoms with Crippen molar-refractivity contribution in [2.75, 3.05) is 11.4 Å². The van der Waals surface area contributed by atoms with Crippen LogP contribution in [0.25, 0.3) is 0 Å². The number of carbonyl (C=O) groups excluding carboxylic acids is 1. The van der Waals surface area contributed by atoms with E-state index in [1.165, 1.54) is 0 Å². The van der Waals surface area contributed by atoms with E-state index in [2.05, 4.69) is 35.6 Å². The molecule has 2 heterocycles. The number of anilines is 1. The van der Waals surface area contributed by atoms with Gasteiger partial charge >= 0.3 is 0 Å². The minimum atomic E-state index is -0.213. The number of piperidine rings is 1. The molecule has 1 saturated heterocycles. The average molecular weight is 262 g/mol. The van der Waals surface area contributed by atoms with Crippen LogP contribution in [-0.2, 0) is 4.79 Å². The predicted octanol–water partition coefficient (Wildman–Crippen LogP) is 1.69. The smallest absolute Gasteiger partial charge is 0.222 e. The maximum atomic E-state index is 11.4. The minimum absolute atomic E-state index is 0.0753. The van der Waals surface area contributed by atoms with Gasteiger partial charge in [0, 0.05) is 24.7 Å². The first kappa shape index (κ1) is 13.8. The molecule has 0 saturated carbocycles. The lowest BCUT2D eigenvalue weighted by atomic mass is 9.93. The highest BCUT2D eigenvalue weighted by Crippen LogP contribution is 2.26. The molecule has 1 aromatic rings. The van der Waals surface area contributed by atoms with Crippen molar-refractivity contribution in [2.45, 2.75) is 45.6 Å². The Labute approximate surface area is 114 Å². The van der Waals surface area contributed by atoms with Crippen LogP contribution in [0.15, 0.2) is 12.3 Å². The Morgan fingerprint density at radius 3 is 2.84 bits per heavy atom. The van der Waals surface area contributed by atoms with Crippen molar-refractivity contribution in [1.29, 1.82) is 0 Å². The topological polar surface area (TPSA) is 72.1 Å². The van der Waals surface area contributed by atoms with E-state index < -0.39 is 0 Å². The molecule has 1 aromatic heterocycles. The van der Waals surface area contributed by atoms with Crippen LogP contribution in [0.3, 0.4) is 0 Å². The van der Waals surface area contributed by atoms with Gasteiger partial charge in [0.2, 0.25) is 5.91 Å². The molecular formula is C14H22N4O. The maximum absolute atomic E-state index is 11.4. The molecule has 104 valence electrons. The van der Waals surface area contributed by atoms with E-state index in [0.717, 1.165) is 24.5 Å². The molecular weight excluding hydrogens is 240 g/mol. The van der Waals surface area contributed by atoms with E-state index in [1.807, 2.05) is 6.07 Å². The summed E-state index contributed by atoms with van der Waals surface area (Å²) >= 11 is 0. The standard InChI is InChI=1S/C14H22N4O/c1-9(2)14-16-7-6-12(17-14)18-8-11(13(15)19)5-4-10(18)3/h6-7,9-11H,4-5,8H2,1-3H3,(H2,15,19). The summed E-state index contributed by atoms with van der Waals surface area (Å²) in [5.74, 6) is 1.75. The first-order valence-corrected chi connectivity index (χ1v) is 6.88. The Bertz CT molecular complexity index is 461. The molecule has 1 amide bonds. The van der Waals surface area contributed by atoms with E-state index >= 15 is 0 Å². The van der Waals surface area contributed by atoms with Gasteiger partial charge in [-0.25, -0.2) is 9.97 Å². The predicted molar refractivity (Wildman–Crippen MR) is 74.8 cm³/mol. The summed E-state index contributed by atoms with van der Waals surface area (Å²) < 4.78 is 0. The molecule has 1 fully saturated rings. The van der Waals surface area contributed by atoms with Gasteiger partial charge in [-0.05, 0) is 25.8 Å². The van der Waals surface area contributed by atoms with E-state index in [1.54, 1.807) is 6.20 Å². The fourth-order valence-corrected chi connectivity index (χ4v) is 2.46.